The molecule has 0 amide bonds. The van der Waals surface area contributed by atoms with E-state index < -0.39 is 5.69 Å². The molecule has 0 radical (unpaired) electrons. The highest BCUT2D eigenvalue weighted by atomic mass is 16.5. The molecule has 0 saturated heterocycles. The molecule has 5 rings (SSSR count). The molecule has 2 N–H and O–H groups in total. The number of hydrogen-bond acceptors (Lipinski definition) is 7. The van der Waals surface area contributed by atoms with Crippen molar-refractivity contribution in [3.8, 4) is 22.4 Å². The topological polar surface area (TPSA) is 131 Å². The van der Waals surface area contributed by atoms with Crippen LogP contribution in [0.3, 0.4) is 0 Å². The Morgan fingerprint density at radius 1 is 1.09 bits per heavy atom. The average Bonchev–Trinajstić information content (AvgIpc) is 3.35. The predicted octanol–water partition coefficient (Wildman–Crippen LogP) is 2.40. The zero-order chi connectivity index (χ0) is 23.3. The number of anilines is 1. The van der Waals surface area contributed by atoms with Crippen LogP contribution in [0.5, 0.6) is 0 Å². The summed E-state index contributed by atoms with van der Waals surface area (Å²) < 4.78 is 8.67. The van der Waals surface area contributed by atoms with Crippen LogP contribution >= 0.6 is 0 Å². The highest BCUT2D eigenvalue weighted by Crippen LogP contribution is 2.34. The van der Waals surface area contributed by atoms with Gasteiger partial charge in [0.15, 0.2) is 23.4 Å². The second-order valence-corrected chi connectivity index (χ2v) is 7.84. The molecular formula is C23H21N7O3. The number of nitrogens with zero attached hydrogens (tertiary/aromatic N) is 6. The van der Waals surface area contributed by atoms with Crippen LogP contribution in [0.1, 0.15) is 22.8 Å². The van der Waals surface area contributed by atoms with Crippen LogP contribution in [0.2, 0.25) is 0 Å². The number of pyridine rings is 1. The van der Waals surface area contributed by atoms with E-state index in [-0.39, 0.29) is 12.5 Å². The van der Waals surface area contributed by atoms with Crippen molar-refractivity contribution in [2.45, 2.75) is 27.3 Å². The first kappa shape index (κ1) is 20.4. The first-order valence-electron chi connectivity index (χ1n) is 10.3. The molecule has 166 valence electrons. The predicted molar refractivity (Wildman–Crippen MR) is 121 cm³/mol. The van der Waals surface area contributed by atoms with Gasteiger partial charge in [0.2, 0.25) is 5.95 Å². The fourth-order valence-corrected chi connectivity index (χ4v) is 3.93. The van der Waals surface area contributed by atoms with Crippen LogP contribution in [0.15, 0.2) is 58.1 Å². The summed E-state index contributed by atoms with van der Waals surface area (Å²) in [7, 11) is 0. The molecule has 1 aromatic carbocycles. The number of aryl methyl sites for hydroxylation is 3. The lowest BCUT2D eigenvalue weighted by Gasteiger charge is -2.13. The number of fused-ring (bicyclic) bond motifs is 1. The third-order valence-corrected chi connectivity index (χ3v) is 5.60. The van der Waals surface area contributed by atoms with Crippen LogP contribution in [-0.4, -0.2) is 24.1 Å². The molecule has 0 spiro atoms. The van der Waals surface area contributed by atoms with Gasteiger partial charge in [-0.15, -0.1) is 5.10 Å². The van der Waals surface area contributed by atoms with E-state index >= 15 is 0 Å². The summed E-state index contributed by atoms with van der Waals surface area (Å²) in [6, 6.07) is 13.0. The number of aromatic nitrogens is 6. The summed E-state index contributed by atoms with van der Waals surface area (Å²) in [5, 5.41) is 16.9. The Kier molecular flexibility index (Phi) is 4.70. The van der Waals surface area contributed by atoms with Gasteiger partial charge in [0.05, 0.1) is 17.8 Å². The summed E-state index contributed by atoms with van der Waals surface area (Å²) in [4.78, 5) is 22.0. The molecule has 10 nitrogen and oxygen atoms in total. The quantitative estimate of drug-likeness (QED) is 0.333. The number of nitrogen functional groups attached to an aromatic ring is 1. The fourth-order valence-electron chi connectivity index (χ4n) is 3.93. The monoisotopic (exact) mass is 443 g/mol. The Morgan fingerprint density at radius 3 is 2.42 bits per heavy atom. The lowest BCUT2D eigenvalue weighted by molar-refractivity contribution is -0.619. The van der Waals surface area contributed by atoms with Crippen LogP contribution in [-0.2, 0) is 6.54 Å². The largest absolute Gasteiger partial charge is 0.618 e. The highest BCUT2D eigenvalue weighted by molar-refractivity contribution is 5.90. The highest BCUT2D eigenvalue weighted by Gasteiger charge is 2.23. The lowest BCUT2D eigenvalue weighted by Crippen LogP contribution is -2.33. The summed E-state index contributed by atoms with van der Waals surface area (Å²) in [6.07, 6.45) is 1.33. The molecule has 0 fully saturated rings. The van der Waals surface area contributed by atoms with E-state index in [9.17, 15) is 10.0 Å². The molecule has 0 saturated carbocycles. The average molecular weight is 443 g/mol. The van der Waals surface area contributed by atoms with Crippen molar-refractivity contribution in [2.24, 2.45) is 0 Å². The minimum atomic E-state index is -0.443. The maximum absolute atomic E-state index is 13.2. The third-order valence-electron chi connectivity index (χ3n) is 5.60. The van der Waals surface area contributed by atoms with Crippen LogP contribution in [0.4, 0.5) is 5.95 Å². The third kappa shape index (κ3) is 3.32. The summed E-state index contributed by atoms with van der Waals surface area (Å²) >= 11 is 0. The molecule has 0 atom stereocenters. The molecule has 10 heteroatoms. The summed E-state index contributed by atoms with van der Waals surface area (Å²) in [5.41, 5.74) is 10.5. The van der Waals surface area contributed by atoms with Crippen molar-refractivity contribution >= 4 is 11.6 Å². The van der Waals surface area contributed by atoms with Crippen LogP contribution in [0, 0.1) is 26.0 Å². The first-order chi connectivity index (χ1) is 15.8. The Labute approximate surface area is 188 Å². The molecule has 0 aliphatic carbocycles. The molecule has 33 heavy (non-hydrogen) atoms. The van der Waals surface area contributed by atoms with Gasteiger partial charge in [-0.05, 0) is 6.92 Å². The Balaban J connectivity index is 1.85. The lowest BCUT2D eigenvalue weighted by atomic mass is 9.99. The second kappa shape index (κ2) is 7.59. The second-order valence-electron chi connectivity index (χ2n) is 7.84. The minimum absolute atomic E-state index is 0.0176. The smallest absolute Gasteiger partial charge is 0.353 e. The number of benzene rings is 1. The van der Waals surface area contributed by atoms with Gasteiger partial charge in [0.1, 0.15) is 11.5 Å². The van der Waals surface area contributed by atoms with E-state index in [4.69, 9.17) is 10.2 Å². The zero-order valence-corrected chi connectivity index (χ0v) is 18.3. The van der Waals surface area contributed by atoms with Crippen molar-refractivity contribution in [3.63, 3.8) is 0 Å². The zero-order valence-electron chi connectivity index (χ0n) is 18.3. The van der Waals surface area contributed by atoms with E-state index in [1.54, 1.807) is 32.9 Å². The van der Waals surface area contributed by atoms with Crippen LogP contribution in [0.25, 0.3) is 28.0 Å². The molecule has 4 aromatic heterocycles. The van der Waals surface area contributed by atoms with E-state index in [0.717, 1.165) is 10.3 Å². The number of oxazole rings is 1. The van der Waals surface area contributed by atoms with Crippen molar-refractivity contribution in [3.05, 3.63) is 87.4 Å². The molecule has 5 aromatic rings. The van der Waals surface area contributed by atoms with Gasteiger partial charge in [-0.3, -0.25) is 0 Å². The van der Waals surface area contributed by atoms with E-state index in [2.05, 4.69) is 15.1 Å². The van der Waals surface area contributed by atoms with Gasteiger partial charge in [0.25, 0.3) is 0 Å². The number of nitrogens with two attached hydrogens (primary N) is 1. The van der Waals surface area contributed by atoms with Gasteiger partial charge in [-0.2, -0.15) is 4.73 Å². The van der Waals surface area contributed by atoms with Crippen molar-refractivity contribution < 1.29 is 9.15 Å². The summed E-state index contributed by atoms with van der Waals surface area (Å²) in [6.45, 7) is 5.35. The Morgan fingerprint density at radius 2 is 1.79 bits per heavy atom. The molecule has 0 bridgehead atoms. The molecule has 0 unspecified atom stereocenters. The fraction of sp³-hybridized carbons (Fsp3) is 0.174. The normalized spacial score (nSPS) is 11.4. The minimum Gasteiger partial charge on any atom is -0.618 e. The van der Waals surface area contributed by atoms with Crippen molar-refractivity contribution in [1.82, 2.24) is 24.1 Å². The van der Waals surface area contributed by atoms with E-state index in [1.807, 2.05) is 30.3 Å². The number of hydrogen-bond donors (Lipinski definition) is 1. The van der Waals surface area contributed by atoms with Gasteiger partial charge >= 0.3 is 5.69 Å². The molecule has 0 aliphatic rings. The molecule has 0 aliphatic heterocycles. The van der Waals surface area contributed by atoms with E-state index in [0.29, 0.717) is 45.3 Å². The van der Waals surface area contributed by atoms with Crippen LogP contribution < -0.4 is 16.2 Å². The van der Waals surface area contributed by atoms with Crippen molar-refractivity contribution in [1.29, 1.82) is 0 Å². The maximum Gasteiger partial charge on any atom is 0.353 e. The standard InChI is InChI=1S/C23H21N7O3/c1-13-9-17(10-14(2)30(13)32)19-20(16-7-5-4-6-8-16)26-22(24)29-21(19)27-28(23(29)31)11-18-15(3)33-12-25-18/h4-10,12H,11H2,1-3H3,(H2,24,26). The SMILES string of the molecule is Cc1ocnc1Cn1nc2c(-c3cc(C)[n+]([O-])c(C)c3)c(-c3ccccc3)nc(N)n2c1=O. The molecule has 4 heterocycles. The first-order valence-corrected chi connectivity index (χ1v) is 10.3. The van der Waals surface area contributed by atoms with Gasteiger partial charge in [0, 0.05) is 37.1 Å². The molecular weight excluding hydrogens is 422 g/mol. The summed E-state index contributed by atoms with van der Waals surface area (Å²) in [5.74, 6) is 0.619. The Bertz CT molecular complexity index is 1540. The van der Waals surface area contributed by atoms with Gasteiger partial charge < -0.3 is 15.4 Å². The van der Waals surface area contributed by atoms with Gasteiger partial charge in [-0.1, -0.05) is 30.3 Å². The van der Waals surface area contributed by atoms with Crippen molar-refractivity contribution in [2.75, 3.05) is 5.73 Å². The number of rotatable bonds is 4. The van der Waals surface area contributed by atoms with E-state index in [1.165, 1.54) is 15.5 Å². The maximum atomic E-state index is 13.2. The van der Waals surface area contributed by atoms with Gasteiger partial charge in [-0.25, -0.2) is 23.8 Å². The Hall–Kier alpha value is -4.47.